The lowest BCUT2D eigenvalue weighted by Gasteiger charge is -2.25. The highest BCUT2D eigenvalue weighted by Gasteiger charge is 2.32. The van der Waals surface area contributed by atoms with Crippen LogP contribution in [0.4, 0.5) is 17.1 Å². The van der Waals surface area contributed by atoms with Gasteiger partial charge in [-0.05, 0) is 30.3 Å². The topological polar surface area (TPSA) is 49.9 Å². The van der Waals surface area contributed by atoms with Crippen molar-refractivity contribution in [1.29, 1.82) is 0 Å². The molecule has 6 heteroatoms. The molecule has 124 valence electrons. The molecule has 0 spiro atoms. The molecule has 2 amide bonds. The summed E-state index contributed by atoms with van der Waals surface area (Å²) in [6.07, 6.45) is -0.203. The van der Waals surface area contributed by atoms with E-state index < -0.39 is 0 Å². The summed E-state index contributed by atoms with van der Waals surface area (Å²) in [5.41, 5.74) is 1.95. The number of hydrogen-bond donors (Lipinski definition) is 0. The second-order valence-electron chi connectivity index (χ2n) is 5.41. The van der Waals surface area contributed by atoms with Crippen LogP contribution in [0, 0.1) is 0 Å². The molecule has 2 aromatic rings. The van der Waals surface area contributed by atoms with Crippen LogP contribution in [-0.4, -0.2) is 32.1 Å². The van der Waals surface area contributed by atoms with Gasteiger partial charge in [-0.15, -0.1) is 0 Å². The second kappa shape index (κ2) is 7.03. The maximum absolute atomic E-state index is 12.7. The molecule has 0 radical (unpaired) electrons. The predicted octanol–water partition coefficient (Wildman–Crippen LogP) is 3.39. The maximum atomic E-state index is 12.7. The van der Waals surface area contributed by atoms with Gasteiger partial charge in [0.25, 0.3) is 0 Å². The molecule has 0 unspecified atom stereocenters. The van der Waals surface area contributed by atoms with Crippen LogP contribution in [0.1, 0.15) is 6.42 Å². The minimum absolute atomic E-state index is 0.203. The fourth-order valence-electron chi connectivity index (χ4n) is 2.76. The summed E-state index contributed by atoms with van der Waals surface area (Å²) in [5, 5.41) is 0.503. The SMILES string of the molecule is COCCN1C(=O)CC(=O)N(c2ccccc2)c2cc(Cl)ccc21. The average molecular weight is 345 g/mol. The highest BCUT2D eigenvalue weighted by atomic mass is 35.5. The van der Waals surface area contributed by atoms with Crippen molar-refractivity contribution in [1.82, 2.24) is 0 Å². The Morgan fingerprint density at radius 1 is 1.04 bits per heavy atom. The largest absolute Gasteiger partial charge is 0.383 e. The van der Waals surface area contributed by atoms with Gasteiger partial charge in [-0.2, -0.15) is 0 Å². The van der Waals surface area contributed by atoms with Gasteiger partial charge in [0, 0.05) is 24.4 Å². The first-order chi connectivity index (χ1) is 11.6. The first-order valence-electron chi connectivity index (χ1n) is 7.58. The third-order valence-electron chi connectivity index (χ3n) is 3.86. The third-order valence-corrected chi connectivity index (χ3v) is 4.09. The summed E-state index contributed by atoms with van der Waals surface area (Å²) in [6.45, 7) is 0.757. The van der Waals surface area contributed by atoms with Crippen molar-refractivity contribution in [2.45, 2.75) is 6.42 Å². The molecule has 1 aliphatic heterocycles. The van der Waals surface area contributed by atoms with E-state index in [1.54, 1.807) is 35.1 Å². The number of benzene rings is 2. The lowest BCUT2D eigenvalue weighted by molar-refractivity contribution is -0.125. The van der Waals surface area contributed by atoms with E-state index in [4.69, 9.17) is 16.3 Å². The molecule has 0 bridgehead atoms. The van der Waals surface area contributed by atoms with Crippen molar-refractivity contribution < 1.29 is 14.3 Å². The highest BCUT2D eigenvalue weighted by Crippen LogP contribution is 2.39. The van der Waals surface area contributed by atoms with Gasteiger partial charge in [-0.3, -0.25) is 14.5 Å². The Labute approximate surface area is 145 Å². The molecule has 0 aliphatic carbocycles. The minimum atomic E-state index is -0.283. The number of carbonyl (C=O) groups excluding carboxylic acids is 2. The number of hydrogen-bond acceptors (Lipinski definition) is 3. The van der Waals surface area contributed by atoms with E-state index in [1.165, 1.54) is 0 Å². The van der Waals surface area contributed by atoms with Crippen LogP contribution in [0.5, 0.6) is 0 Å². The third kappa shape index (κ3) is 3.13. The minimum Gasteiger partial charge on any atom is -0.383 e. The van der Waals surface area contributed by atoms with E-state index in [0.29, 0.717) is 35.2 Å². The molecule has 0 N–H and O–H groups in total. The van der Waals surface area contributed by atoms with Crippen molar-refractivity contribution in [2.24, 2.45) is 0 Å². The summed E-state index contributed by atoms with van der Waals surface area (Å²) in [7, 11) is 1.58. The summed E-state index contributed by atoms with van der Waals surface area (Å²) in [4.78, 5) is 28.4. The number of ether oxygens (including phenoxy) is 1. The Morgan fingerprint density at radius 3 is 2.50 bits per heavy atom. The van der Waals surface area contributed by atoms with Crippen LogP contribution in [0.3, 0.4) is 0 Å². The monoisotopic (exact) mass is 344 g/mol. The molecule has 5 nitrogen and oxygen atoms in total. The van der Waals surface area contributed by atoms with Crippen molar-refractivity contribution in [3.63, 3.8) is 0 Å². The first-order valence-corrected chi connectivity index (χ1v) is 7.96. The van der Waals surface area contributed by atoms with Gasteiger partial charge >= 0.3 is 0 Å². The van der Waals surface area contributed by atoms with Crippen LogP contribution < -0.4 is 9.80 Å². The summed E-state index contributed by atoms with van der Waals surface area (Å²) >= 11 is 6.15. The van der Waals surface area contributed by atoms with Crippen LogP contribution in [0.25, 0.3) is 0 Å². The number of anilines is 3. The molecule has 0 saturated heterocycles. The van der Waals surface area contributed by atoms with Crippen molar-refractivity contribution in [3.05, 3.63) is 53.6 Å². The van der Waals surface area contributed by atoms with E-state index >= 15 is 0 Å². The van der Waals surface area contributed by atoms with Crippen LogP contribution >= 0.6 is 11.6 Å². The van der Waals surface area contributed by atoms with Crippen molar-refractivity contribution >= 4 is 40.5 Å². The number of methoxy groups -OCH3 is 1. The number of halogens is 1. The second-order valence-corrected chi connectivity index (χ2v) is 5.85. The molecule has 0 atom stereocenters. The zero-order chi connectivity index (χ0) is 17.1. The fraction of sp³-hybridized carbons (Fsp3) is 0.222. The van der Waals surface area contributed by atoms with Crippen LogP contribution in [0.15, 0.2) is 48.5 Å². The Balaban J connectivity index is 2.15. The van der Waals surface area contributed by atoms with Crippen LogP contribution in [-0.2, 0) is 14.3 Å². The molecule has 1 heterocycles. The molecule has 24 heavy (non-hydrogen) atoms. The van der Waals surface area contributed by atoms with Gasteiger partial charge < -0.3 is 9.64 Å². The Morgan fingerprint density at radius 2 is 1.79 bits per heavy atom. The molecule has 1 aliphatic rings. The van der Waals surface area contributed by atoms with E-state index in [-0.39, 0.29) is 18.2 Å². The Kier molecular flexibility index (Phi) is 4.83. The Bertz CT molecular complexity index is 764. The maximum Gasteiger partial charge on any atom is 0.241 e. The quantitative estimate of drug-likeness (QED) is 0.799. The Hall–Kier alpha value is -2.37. The zero-order valence-corrected chi connectivity index (χ0v) is 14.0. The fourth-order valence-corrected chi connectivity index (χ4v) is 2.93. The number of nitrogens with zero attached hydrogens (tertiary/aromatic N) is 2. The zero-order valence-electron chi connectivity index (χ0n) is 13.2. The first kappa shape index (κ1) is 16.5. The molecule has 0 fully saturated rings. The number of rotatable bonds is 4. The number of fused-ring (bicyclic) bond motifs is 1. The van der Waals surface area contributed by atoms with E-state index in [2.05, 4.69) is 0 Å². The lowest BCUT2D eigenvalue weighted by atomic mass is 10.2. The summed E-state index contributed by atoms with van der Waals surface area (Å²) in [6, 6.07) is 14.4. The standard InChI is InChI=1S/C18H17ClN2O3/c1-24-10-9-20-15-8-7-13(19)11-16(15)21(18(23)12-17(20)22)14-5-3-2-4-6-14/h2-8,11H,9-10,12H2,1H3. The van der Waals surface area contributed by atoms with Gasteiger partial charge in [0.15, 0.2) is 0 Å². The van der Waals surface area contributed by atoms with Crippen molar-refractivity contribution in [2.75, 3.05) is 30.1 Å². The molecule has 2 aromatic carbocycles. The lowest BCUT2D eigenvalue weighted by Crippen LogP contribution is -2.34. The smallest absolute Gasteiger partial charge is 0.241 e. The van der Waals surface area contributed by atoms with Crippen molar-refractivity contribution in [3.8, 4) is 0 Å². The summed E-state index contributed by atoms with van der Waals surface area (Å²) in [5.74, 6) is -0.534. The molecular formula is C18H17ClN2O3. The van der Waals surface area contributed by atoms with Gasteiger partial charge in [0.05, 0.1) is 18.0 Å². The van der Waals surface area contributed by atoms with Gasteiger partial charge in [0.1, 0.15) is 6.42 Å². The molecule has 0 saturated carbocycles. The normalized spacial score (nSPS) is 14.6. The molecular weight excluding hydrogens is 328 g/mol. The predicted molar refractivity (Wildman–Crippen MR) is 93.9 cm³/mol. The van der Waals surface area contributed by atoms with E-state index in [9.17, 15) is 9.59 Å². The number of amides is 2. The number of carbonyl (C=O) groups is 2. The van der Waals surface area contributed by atoms with E-state index in [1.807, 2.05) is 30.3 Å². The van der Waals surface area contributed by atoms with Crippen LogP contribution in [0.2, 0.25) is 5.02 Å². The molecule has 3 rings (SSSR count). The average Bonchev–Trinajstić information content (AvgIpc) is 2.67. The number of para-hydroxylation sites is 1. The highest BCUT2D eigenvalue weighted by molar-refractivity contribution is 6.31. The molecule has 0 aromatic heterocycles. The van der Waals surface area contributed by atoms with E-state index in [0.717, 1.165) is 0 Å². The van der Waals surface area contributed by atoms with Gasteiger partial charge in [-0.1, -0.05) is 29.8 Å². The summed E-state index contributed by atoms with van der Waals surface area (Å²) < 4.78 is 5.09. The van der Waals surface area contributed by atoms with Gasteiger partial charge in [-0.25, -0.2) is 0 Å². The van der Waals surface area contributed by atoms with Gasteiger partial charge in [0.2, 0.25) is 11.8 Å².